The molecule has 0 atom stereocenters. The lowest BCUT2D eigenvalue weighted by atomic mass is 9.75. The summed E-state index contributed by atoms with van der Waals surface area (Å²) in [6.45, 7) is 1.89. The quantitative estimate of drug-likeness (QED) is 0.800. The van der Waals surface area contributed by atoms with Gasteiger partial charge in [0.25, 0.3) is 0 Å². The molecule has 1 aromatic carbocycles. The van der Waals surface area contributed by atoms with Crippen LogP contribution in [0.1, 0.15) is 37.7 Å². The normalized spacial score (nSPS) is 23.8. The van der Waals surface area contributed by atoms with Gasteiger partial charge >= 0.3 is 0 Å². The van der Waals surface area contributed by atoms with E-state index in [9.17, 15) is 13.2 Å². The highest BCUT2D eigenvalue weighted by molar-refractivity contribution is 7.91. The van der Waals surface area contributed by atoms with Crippen molar-refractivity contribution in [3.05, 3.63) is 23.8 Å². The number of amides is 1. The monoisotopic (exact) mass is 293 g/mol. The van der Waals surface area contributed by atoms with Crippen LogP contribution in [0.5, 0.6) is 0 Å². The van der Waals surface area contributed by atoms with E-state index in [0.29, 0.717) is 18.5 Å². The summed E-state index contributed by atoms with van der Waals surface area (Å²) < 4.78 is 25.3. The highest BCUT2D eigenvalue weighted by atomic mass is 32.2. The number of fused-ring (bicyclic) bond motifs is 1. The Hall–Kier alpha value is -1.36. The summed E-state index contributed by atoms with van der Waals surface area (Å²) in [5, 5.41) is 2.86. The molecule has 20 heavy (non-hydrogen) atoms. The first kappa shape index (κ1) is 13.6. The van der Waals surface area contributed by atoms with Gasteiger partial charge < -0.3 is 5.32 Å². The zero-order chi connectivity index (χ0) is 14.4. The van der Waals surface area contributed by atoms with Crippen molar-refractivity contribution in [1.29, 1.82) is 0 Å². The number of sulfone groups is 1. The summed E-state index contributed by atoms with van der Waals surface area (Å²) in [6.07, 6.45) is 4.29. The molecule has 1 aromatic rings. The predicted molar refractivity (Wildman–Crippen MR) is 77.4 cm³/mol. The van der Waals surface area contributed by atoms with Gasteiger partial charge in [0.15, 0.2) is 9.84 Å². The van der Waals surface area contributed by atoms with Gasteiger partial charge in [-0.25, -0.2) is 8.42 Å². The highest BCUT2D eigenvalue weighted by Gasteiger charge is 2.46. The van der Waals surface area contributed by atoms with Gasteiger partial charge in [-0.15, -0.1) is 0 Å². The third-order valence-electron chi connectivity index (χ3n) is 4.48. The number of carbonyl (C=O) groups excluding carboxylic acids is 1. The SMILES string of the molecule is Cc1ccc2c(c1)NC(=O)C1(CCCCC1)CS2(=O)=O. The van der Waals surface area contributed by atoms with Gasteiger partial charge in [-0.1, -0.05) is 25.3 Å². The number of anilines is 1. The lowest BCUT2D eigenvalue weighted by Crippen LogP contribution is -2.41. The molecular formula is C15H19NO3S. The van der Waals surface area contributed by atoms with Crippen LogP contribution >= 0.6 is 0 Å². The third kappa shape index (κ3) is 2.14. The Morgan fingerprint density at radius 3 is 2.55 bits per heavy atom. The molecule has 108 valence electrons. The van der Waals surface area contributed by atoms with Crippen LogP contribution in [0.15, 0.2) is 23.1 Å². The molecule has 0 unspecified atom stereocenters. The van der Waals surface area contributed by atoms with E-state index in [1.165, 1.54) is 0 Å². The molecule has 0 saturated heterocycles. The summed E-state index contributed by atoms with van der Waals surface area (Å²) >= 11 is 0. The molecule has 0 radical (unpaired) electrons. The molecule has 1 amide bonds. The minimum Gasteiger partial charge on any atom is -0.324 e. The fraction of sp³-hybridized carbons (Fsp3) is 0.533. The number of hydrogen-bond donors (Lipinski definition) is 1. The van der Waals surface area contributed by atoms with E-state index in [1.807, 2.05) is 6.92 Å². The molecule has 1 spiro atoms. The van der Waals surface area contributed by atoms with E-state index in [1.54, 1.807) is 18.2 Å². The second-order valence-electron chi connectivity index (χ2n) is 6.05. The minimum absolute atomic E-state index is 0.0537. The second kappa shape index (κ2) is 4.58. The van der Waals surface area contributed by atoms with Crippen molar-refractivity contribution >= 4 is 21.4 Å². The molecule has 1 aliphatic heterocycles. The lowest BCUT2D eigenvalue weighted by molar-refractivity contribution is -0.126. The molecule has 1 saturated carbocycles. The zero-order valence-corrected chi connectivity index (χ0v) is 12.4. The van der Waals surface area contributed by atoms with Crippen LogP contribution in [0.25, 0.3) is 0 Å². The van der Waals surface area contributed by atoms with Crippen molar-refractivity contribution in [1.82, 2.24) is 0 Å². The van der Waals surface area contributed by atoms with Crippen molar-refractivity contribution in [3.63, 3.8) is 0 Å². The van der Waals surface area contributed by atoms with Crippen molar-refractivity contribution < 1.29 is 13.2 Å². The van der Waals surface area contributed by atoms with Gasteiger partial charge in [0, 0.05) is 0 Å². The van der Waals surface area contributed by atoms with Crippen molar-refractivity contribution in [2.24, 2.45) is 5.41 Å². The molecule has 0 aromatic heterocycles. The van der Waals surface area contributed by atoms with Gasteiger partial charge in [-0.2, -0.15) is 0 Å². The van der Waals surface area contributed by atoms with Gasteiger partial charge in [-0.3, -0.25) is 4.79 Å². The zero-order valence-electron chi connectivity index (χ0n) is 11.6. The molecular weight excluding hydrogens is 274 g/mol. The second-order valence-corrected chi connectivity index (χ2v) is 8.01. The van der Waals surface area contributed by atoms with Crippen LogP contribution < -0.4 is 5.32 Å². The van der Waals surface area contributed by atoms with Crippen LogP contribution in [0, 0.1) is 12.3 Å². The van der Waals surface area contributed by atoms with Crippen LogP contribution in [-0.2, 0) is 14.6 Å². The molecule has 1 aliphatic carbocycles. The Morgan fingerprint density at radius 1 is 1.15 bits per heavy atom. The lowest BCUT2D eigenvalue weighted by Gasteiger charge is -2.33. The van der Waals surface area contributed by atoms with E-state index in [-0.39, 0.29) is 16.6 Å². The first-order chi connectivity index (χ1) is 9.43. The minimum atomic E-state index is -3.42. The summed E-state index contributed by atoms with van der Waals surface area (Å²) in [7, 11) is -3.42. The number of hydrogen-bond acceptors (Lipinski definition) is 3. The summed E-state index contributed by atoms with van der Waals surface area (Å²) in [5.74, 6) is -0.174. The molecule has 5 heteroatoms. The molecule has 1 N–H and O–H groups in total. The molecule has 1 fully saturated rings. The summed E-state index contributed by atoms with van der Waals surface area (Å²) in [6, 6.07) is 5.14. The Morgan fingerprint density at radius 2 is 1.85 bits per heavy atom. The molecule has 4 nitrogen and oxygen atoms in total. The van der Waals surface area contributed by atoms with Crippen molar-refractivity contribution in [2.45, 2.75) is 43.9 Å². The largest absolute Gasteiger partial charge is 0.324 e. The van der Waals surface area contributed by atoms with Crippen molar-refractivity contribution in [3.8, 4) is 0 Å². The number of benzene rings is 1. The Kier molecular flexibility index (Phi) is 3.12. The molecule has 0 bridgehead atoms. The van der Waals surface area contributed by atoms with E-state index < -0.39 is 15.3 Å². The predicted octanol–water partition coefficient (Wildman–Crippen LogP) is 2.67. The van der Waals surface area contributed by atoms with Crippen LogP contribution in [0.2, 0.25) is 0 Å². The number of rotatable bonds is 0. The summed E-state index contributed by atoms with van der Waals surface area (Å²) in [4.78, 5) is 12.8. The van der Waals surface area contributed by atoms with Gasteiger partial charge in [-0.05, 0) is 37.5 Å². The molecule has 3 rings (SSSR count). The fourth-order valence-electron chi connectivity index (χ4n) is 3.37. The number of nitrogens with one attached hydrogen (secondary N) is 1. The van der Waals surface area contributed by atoms with E-state index in [4.69, 9.17) is 0 Å². The maximum Gasteiger partial charge on any atom is 0.231 e. The van der Waals surface area contributed by atoms with E-state index in [2.05, 4.69) is 5.32 Å². The smallest absolute Gasteiger partial charge is 0.231 e. The van der Waals surface area contributed by atoms with Crippen LogP contribution in [-0.4, -0.2) is 20.1 Å². The van der Waals surface area contributed by atoms with Crippen LogP contribution in [0.3, 0.4) is 0 Å². The molecule has 1 heterocycles. The third-order valence-corrected chi connectivity index (χ3v) is 6.44. The average Bonchev–Trinajstić information content (AvgIpc) is 2.45. The Labute approximate surface area is 119 Å². The number of aryl methyl sites for hydroxylation is 1. The van der Waals surface area contributed by atoms with Crippen molar-refractivity contribution in [2.75, 3.05) is 11.1 Å². The topological polar surface area (TPSA) is 63.2 Å². The maximum absolute atomic E-state index is 12.6. The first-order valence-corrected chi connectivity index (χ1v) is 8.73. The van der Waals surface area contributed by atoms with Gasteiger partial charge in [0.2, 0.25) is 5.91 Å². The van der Waals surface area contributed by atoms with Gasteiger partial charge in [0.1, 0.15) is 0 Å². The average molecular weight is 293 g/mol. The van der Waals surface area contributed by atoms with E-state index >= 15 is 0 Å². The van der Waals surface area contributed by atoms with Gasteiger partial charge in [0.05, 0.1) is 21.8 Å². The standard InChI is InChI=1S/C15H19NO3S/c1-11-5-6-13-12(9-11)16-14(17)15(10-20(13,18)19)7-3-2-4-8-15/h5-6,9H,2-4,7-8,10H2,1H3,(H,16,17). The summed E-state index contributed by atoms with van der Waals surface area (Å²) in [5.41, 5.74) is 0.653. The Bertz CT molecular complexity index is 658. The maximum atomic E-state index is 12.6. The Balaban J connectivity index is 2.12. The molecule has 2 aliphatic rings. The highest BCUT2D eigenvalue weighted by Crippen LogP contribution is 2.43. The van der Waals surface area contributed by atoms with E-state index in [0.717, 1.165) is 24.8 Å². The fourth-order valence-corrected chi connectivity index (χ4v) is 5.40. The number of carbonyl (C=O) groups is 1. The first-order valence-electron chi connectivity index (χ1n) is 7.08. The van der Waals surface area contributed by atoms with Crippen LogP contribution in [0.4, 0.5) is 5.69 Å².